The van der Waals surface area contributed by atoms with Crippen LogP contribution >= 0.6 is 11.6 Å². The molecule has 0 atom stereocenters. The molecule has 0 saturated carbocycles. The van der Waals surface area contributed by atoms with Gasteiger partial charge in [0.2, 0.25) is 21.7 Å². The Hall–Kier alpha value is -5.09. The van der Waals surface area contributed by atoms with Crippen molar-refractivity contribution in [2.24, 2.45) is 0 Å². The molecule has 3 heterocycles. The number of ether oxygens (including phenoxy) is 2. The molecule has 2 aromatic carbocycles. The molecule has 0 saturated heterocycles. The largest absolute Gasteiger partial charge is 0.485 e. The van der Waals surface area contributed by atoms with E-state index in [1.165, 1.54) is 53.5 Å². The number of halogens is 4. The number of ketones is 1. The average Bonchev–Trinajstić information content (AvgIpc) is 3.63. The van der Waals surface area contributed by atoms with Gasteiger partial charge in [-0.25, -0.2) is 31.3 Å². The van der Waals surface area contributed by atoms with E-state index in [0.29, 0.717) is 22.2 Å². The zero-order chi connectivity index (χ0) is 34.3. The number of carbonyl (C=O) groups is 2. The number of para-hydroxylation sites is 1. The summed E-state index contributed by atoms with van der Waals surface area (Å²) in [5.74, 6) is -1.27. The number of nitrogens with zero attached hydrogens (tertiary/aromatic N) is 3. The fourth-order valence-corrected chi connectivity index (χ4v) is 5.82. The third kappa shape index (κ3) is 8.20. The molecule has 47 heavy (non-hydrogen) atoms. The molecule has 0 radical (unpaired) electrons. The lowest BCUT2D eigenvalue weighted by Gasteiger charge is -2.14. The van der Waals surface area contributed by atoms with Gasteiger partial charge in [0.05, 0.1) is 40.8 Å². The summed E-state index contributed by atoms with van der Waals surface area (Å²) in [5.41, 5.74) is 7.74. The van der Waals surface area contributed by atoms with Gasteiger partial charge in [0.15, 0.2) is 11.6 Å². The summed E-state index contributed by atoms with van der Waals surface area (Å²) in [6.45, 7) is 2.76. The number of anilines is 2. The van der Waals surface area contributed by atoms with E-state index in [-0.39, 0.29) is 58.2 Å². The van der Waals surface area contributed by atoms with Gasteiger partial charge in [0.1, 0.15) is 25.0 Å². The number of nitrogens with two attached hydrogens (primary N) is 1. The lowest BCUT2D eigenvalue weighted by Crippen LogP contribution is -2.18. The minimum Gasteiger partial charge on any atom is -0.485 e. The van der Waals surface area contributed by atoms with Crippen molar-refractivity contribution in [1.82, 2.24) is 19.7 Å². The van der Waals surface area contributed by atoms with Crippen LogP contribution in [-0.4, -0.2) is 65.4 Å². The first-order chi connectivity index (χ1) is 22.5. The molecule has 0 aliphatic carbocycles. The van der Waals surface area contributed by atoms with E-state index < -0.39 is 34.7 Å². The van der Waals surface area contributed by atoms with E-state index in [0.717, 1.165) is 0 Å². The van der Waals surface area contributed by atoms with Gasteiger partial charge in [-0.05, 0) is 49.2 Å². The summed E-state index contributed by atoms with van der Waals surface area (Å²) in [6.07, 6.45) is 0.0608. The highest BCUT2D eigenvalue weighted by atomic mass is 35.5. The monoisotopic (exact) mass is 692 g/mol. The van der Waals surface area contributed by atoms with Crippen LogP contribution in [-0.2, 0) is 14.8 Å². The Balaban J connectivity index is 0.00000245. The Morgan fingerprint density at radius 3 is 2.57 bits per heavy atom. The zero-order valence-corrected chi connectivity index (χ0v) is 26.2. The highest BCUT2D eigenvalue weighted by Gasteiger charge is 2.23. The highest BCUT2D eigenvalue weighted by Crippen LogP contribution is 2.33. The lowest BCUT2D eigenvalue weighted by atomic mass is 10.1. The number of aryl methyl sites for hydroxylation is 1. The molecular weight excluding hydrogens is 665 g/mol. The Morgan fingerprint density at radius 1 is 1.15 bits per heavy atom. The number of pyridine rings is 1. The molecule has 17 heteroatoms. The van der Waals surface area contributed by atoms with Crippen LogP contribution in [0.4, 0.5) is 24.7 Å². The first kappa shape index (κ1) is 34.8. The van der Waals surface area contributed by atoms with Crippen molar-refractivity contribution in [3.8, 4) is 23.1 Å². The summed E-state index contributed by atoms with van der Waals surface area (Å²) in [5, 5.41) is 4.64. The second-order valence-electron chi connectivity index (χ2n) is 9.81. The smallest absolute Gasteiger partial charge is 0.272 e. The maximum Gasteiger partial charge on any atom is 0.272 e. The molecule has 248 valence electrons. The molecule has 0 aliphatic rings. The molecular formula is C30H28ClF3N6O6S. The molecule has 0 bridgehead atoms. The summed E-state index contributed by atoms with van der Waals surface area (Å²) in [7, 11) is -3.87. The number of aromatic amines is 1. The highest BCUT2D eigenvalue weighted by molar-refractivity contribution is 7.92. The van der Waals surface area contributed by atoms with Crippen molar-refractivity contribution in [3.63, 3.8) is 0 Å². The molecule has 0 amide bonds. The summed E-state index contributed by atoms with van der Waals surface area (Å²) in [4.78, 5) is 28.6. The number of hydrogen-bond acceptors (Lipinski definition) is 9. The summed E-state index contributed by atoms with van der Waals surface area (Å²) in [6, 6.07) is 11.6. The van der Waals surface area contributed by atoms with Gasteiger partial charge in [-0.2, -0.15) is 5.10 Å². The van der Waals surface area contributed by atoms with Crippen LogP contribution in [0.3, 0.4) is 0 Å². The molecule has 3 aromatic heterocycles. The number of nitrogens with one attached hydrogen (secondary N) is 2. The molecule has 4 N–H and O–H groups in total. The zero-order valence-electron chi connectivity index (χ0n) is 24.7. The third-order valence-corrected chi connectivity index (χ3v) is 8.16. The Bertz CT molecular complexity index is 2000. The molecule has 0 spiro atoms. The molecule has 0 aliphatic heterocycles. The van der Waals surface area contributed by atoms with E-state index in [2.05, 4.69) is 19.8 Å². The molecule has 0 fully saturated rings. The summed E-state index contributed by atoms with van der Waals surface area (Å²) >= 11 is 5.61. The van der Waals surface area contributed by atoms with Crippen molar-refractivity contribution in [2.75, 3.05) is 28.7 Å². The number of benzene rings is 2. The van der Waals surface area contributed by atoms with Crippen LogP contribution in [0.1, 0.15) is 28.0 Å². The van der Waals surface area contributed by atoms with Crippen molar-refractivity contribution in [1.29, 1.82) is 0 Å². The number of carbonyl (C=O) groups excluding carboxylic acids is 2. The number of rotatable bonds is 13. The Morgan fingerprint density at radius 2 is 1.89 bits per heavy atom. The quantitative estimate of drug-likeness (QED) is 0.104. The average molecular weight is 693 g/mol. The van der Waals surface area contributed by atoms with Crippen LogP contribution < -0.4 is 19.9 Å². The normalized spacial score (nSPS) is 11.3. The first-order valence-electron chi connectivity index (χ1n) is 13.7. The molecule has 5 rings (SSSR count). The number of alkyl halides is 3. The SMILES string of the molecule is C=O.Cc1cc(Oc2ccccc2F)ncc1-n1ncc(C(=O)c2cc3cc(OCC(F)F)c(NS(=O)(=O)CCCCl)cc3[nH]2)c1N. The van der Waals surface area contributed by atoms with Crippen LogP contribution in [0.2, 0.25) is 0 Å². The maximum atomic E-state index is 14.0. The number of sulfonamides is 1. The van der Waals surface area contributed by atoms with Crippen molar-refractivity contribution < 1.29 is 40.7 Å². The molecule has 5 aromatic rings. The van der Waals surface area contributed by atoms with Gasteiger partial charge < -0.3 is 25.0 Å². The number of fused-ring (bicyclic) bond motifs is 1. The van der Waals surface area contributed by atoms with E-state index >= 15 is 0 Å². The second-order valence-corrected chi connectivity index (χ2v) is 12.0. The lowest BCUT2D eigenvalue weighted by molar-refractivity contribution is -0.0980. The second kappa shape index (κ2) is 15.0. The maximum absolute atomic E-state index is 14.0. The minimum absolute atomic E-state index is 0.0000228. The Labute approximate surface area is 271 Å². The predicted octanol–water partition coefficient (Wildman–Crippen LogP) is 5.63. The van der Waals surface area contributed by atoms with Gasteiger partial charge in [-0.3, -0.25) is 9.52 Å². The first-order valence-corrected chi connectivity index (χ1v) is 15.8. The van der Waals surface area contributed by atoms with E-state index in [9.17, 15) is 26.4 Å². The number of aromatic nitrogens is 4. The van der Waals surface area contributed by atoms with Crippen LogP contribution in [0, 0.1) is 12.7 Å². The van der Waals surface area contributed by atoms with Gasteiger partial charge in [0, 0.05) is 22.8 Å². The van der Waals surface area contributed by atoms with E-state index in [4.69, 9.17) is 31.6 Å². The van der Waals surface area contributed by atoms with E-state index in [1.54, 1.807) is 19.1 Å². The van der Waals surface area contributed by atoms with Crippen LogP contribution in [0.5, 0.6) is 17.4 Å². The van der Waals surface area contributed by atoms with Gasteiger partial charge >= 0.3 is 0 Å². The van der Waals surface area contributed by atoms with Crippen LogP contribution in [0.15, 0.2) is 60.9 Å². The number of H-pyrrole nitrogens is 1. The topological polar surface area (TPSA) is 171 Å². The number of hydrogen-bond donors (Lipinski definition) is 3. The van der Waals surface area contributed by atoms with Crippen molar-refractivity contribution >= 4 is 56.6 Å². The fourth-order valence-electron chi connectivity index (χ4n) is 4.41. The van der Waals surface area contributed by atoms with Crippen LogP contribution in [0.25, 0.3) is 16.6 Å². The molecule has 0 unspecified atom stereocenters. The Kier molecular flexibility index (Phi) is 11.1. The third-order valence-electron chi connectivity index (χ3n) is 6.53. The van der Waals surface area contributed by atoms with Gasteiger partial charge in [0.25, 0.3) is 6.43 Å². The van der Waals surface area contributed by atoms with Crippen molar-refractivity contribution in [3.05, 3.63) is 83.6 Å². The number of nitrogen functional groups attached to an aromatic ring is 1. The summed E-state index contributed by atoms with van der Waals surface area (Å²) < 4.78 is 79.1. The molecule has 12 nitrogen and oxygen atoms in total. The van der Waals surface area contributed by atoms with E-state index in [1.807, 2.05) is 6.79 Å². The van der Waals surface area contributed by atoms with Gasteiger partial charge in [-0.1, -0.05) is 12.1 Å². The van der Waals surface area contributed by atoms with Crippen molar-refractivity contribution in [2.45, 2.75) is 19.8 Å². The fraction of sp³-hybridized carbons (Fsp3) is 0.200. The predicted molar refractivity (Wildman–Crippen MR) is 170 cm³/mol. The van der Waals surface area contributed by atoms with Gasteiger partial charge in [-0.15, -0.1) is 11.6 Å². The standard InChI is InChI=1S/C29H26ClF3N6O5S.CH2O/c1-16-9-27(44-24-6-3-2-5-19(24)31)35-14-23(16)39-29(34)18(13-36-39)28(40)22-10-17-11-25(43-15-26(32)33)21(12-20(17)37-22)38-45(41,42)8-4-7-30;1-2/h2-3,5-6,9-14,26,37-38H,4,7-8,15,34H2,1H3;1H2. The minimum atomic E-state index is -3.87.